The maximum Gasteiger partial charge on any atom is 0.271 e. The Balaban J connectivity index is 1.57. The van der Waals surface area contributed by atoms with Crippen LogP contribution in [0.1, 0.15) is 32.2 Å². The molecule has 2 unspecified atom stereocenters. The van der Waals surface area contributed by atoms with Crippen LogP contribution >= 0.6 is 0 Å². The zero-order valence-corrected chi connectivity index (χ0v) is 21.8. The summed E-state index contributed by atoms with van der Waals surface area (Å²) in [6, 6.07) is 3.59. The molecule has 3 heterocycles. The highest BCUT2D eigenvalue weighted by Gasteiger charge is 2.29. The first kappa shape index (κ1) is 29.1. The zero-order valence-electron chi connectivity index (χ0n) is 21.8. The van der Waals surface area contributed by atoms with Gasteiger partial charge in [0, 0.05) is 31.5 Å². The lowest BCUT2D eigenvalue weighted by Gasteiger charge is -2.26. The van der Waals surface area contributed by atoms with Crippen molar-refractivity contribution in [2.24, 2.45) is 5.92 Å². The van der Waals surface area contributed by atoms with Gasteiger partial charge in [-0.1, -0.05) is 0 Å². The molecule has 2 atom stereocenters. The largest absolute Gasteiger partial charge is 0.491 e. The Morgan fingerprint density at radius 3 is 2.75 bits per heavy atom. The Kier molecular flexibility index (Phi) is 9.79. The monoisotopic (exact) mass is 563 g/mol. The highest BCUT2D eigenvalue weighted by atomic mass is 19.1. The molecule has 4 rings (SSSR count). The van der Waals surface area contributed by atoms with Gasteiger partial charge in [-0.15, -0.1) is 0 Å². The fourth-order valence-corrected chi connectivity index (χ4v) is 4.31. The Morgan fingerprint density at radius 1 is 1.27 bits per heavy atom. The van der Waals surface area contributed by atoms with Gasteiger partial charge in [-0.05, 0) is 44.2 Å². The second kappa shape index (κ2) is 13.5. The molecule has 14 heteroatoms. The molecule has 0 radical (unpaired) electrons. The molecule has 0 bridgehead atoms. The predicted octanol–water partition coefficient (Wildman–Crippen LogP) is 2.26. The topological polar surface area (TPSA) is 150 Å². The van der Waals surface area contributed by atoms with Gasteiger partial charge >= 0.3 is 0 Å². The third-order valence-electron chi connectivity index (χ3n) is 6.33. The van der Waals surface area contributed by atoms with Gasteiger partial charge in [0.15, 0.2) is 23.1 Å². The van der Waals surface area contributed by atoms with E-state index in [0.717, 1.165) is 29.1 Å². The van der Waals surface area contributed by atoms with Crippen molar-refractivity contribution in [3.8, 4) is 17.2 Å². The SMILES string of the molecule is CCOc1ccc(F)c(Oc2cnn(C(CC3CCOCC3)C(=O)Nc3ccn(CC(O)CO)n3)c(=O)c2)c1F. The summed E-state index contributed by atoms with van der Waals surface area (Å²) in [4.78, 5) is 26.5. The second-order valence-corrected chi connectivity index (χ2v) is 9.25. The van der Waals surface area contributed by atoms with E-state index in [1.54, 1.807) is 6.92 Å². The van der Waals surface area contributed by atoms with Crippen molar-refractivity contribution in [3.05, 3.63) is 58.6 Å². The molecule has 1 aromatic carbocycles. The molecule has 0 aliphatic carbocycles. The lowest BCUT2D eigenvalue weighted by Crippen LogP contribution is -2.36. The first-order valence-electron chi connectivity index (χ1n) is 12.9. The third-order valence-corrected chi connectivity index (χ3v) is 6.33. The number of aliphatic hydroxyl groups excluding tert-OH is 2. The van der Waals surface area contributed by atoms with E-state index >= 15 is 0 Å². The molecule has 216 valence electrons. The standard InChI is InChI=1S/C26H31F2N5O7/c1-2-39-21-4-3-19(27)25(24(21)28)40-18-12-23(36)33(29-13-18)20(11-16-6-9-38-10-7-16)26(37)30-22-5-8-32(31-22)14-17(35)15-34/h3-5,8,12-13,16-17,20,34-35H,2,6-7,9-11,14-15H2,1H3,(H,30,31,37). The Labute approximate surface area is 228 Å². The third kappa shape index (κ3) is 7.20. The molecule has 1 fully saturated rings. The van der Waals surface area contributed by atoms with Crippen LogP contribution in [0.2, 0.25) is 0 Å². The molecule has 1 saturated heterocycles. The van der Waals surface area contributed by atoms with E-state index in [0.29, 0.717) is 26.1 Å². The maximum atomic E-state index is 14.7. The second-order valence-electron chi connectivity index (χ2n) is 9.25. The van der Waals surface area contributed by atoms with Crippen LogP contribution < -0.4 is 20.3 Å². The zero-order chi connectivity index (χ0) is 28.6. The molecule has 40 heavy (non-hydrogen) atoms. The van der Waals surface area contributed by atoms with Gasteiger partial charge in [0.05, 0.1) is 32.1 Å². The number of hydrogen-bond acceptors (Lipinski definition) is 9. The average Bonchev–Trinajstić information content (AvgIpc) is 3.38. The molecule has 2 aromatic heterocycles. The summed E-state index contributed by atoms with van der Waals surface area (Å²) < 4.78 is 47.2. The van der Waals surface area contributed by atoms with Crippen LogP contribution in [-0.2, 0) is 16.1 Å². The van der Waals surface area contributed by atoms with Gasteiger partial charge in [0.1, 0.15) is 6.04 Å². The number of carbonyl (C=O) groups is 1. The van der Waals surface area contributed by atoms with Crippen molar-refractivity contribution in [3.63, 3.8) is 0 Å². The molecule has 12 nitrogen and oxygen atoms in total. The van der Waals surface area contributed by atoms with Crippen LogP contribution in [0.15, 0.2) is 41.5 Å². The number of halogens is 2. The van der Waals surface area contributed by atoms with Gasteiger partial charge in [-0.25, -0.2) is 9.07 Å². The maximum absolute atomic E-state index is 14.7. The van der Waals surface area contributed by atoms with Crippen molar-refractivity contribution in [2.75, 3.05) is 31.7 Å². The summed E-state index contributed by atoms with van der Waals surface area (Å²) in [6.45, 7) is 2.44. The number of amides is 1. The van der Waals surface area contributed by atoms with Gasteiger partial charge in [0.25, 0.3) is 11.5 Å². The molecule has 1 amide bonds. The predicted molar refractivity (Wildman–Crippen MR) is 137 cm³/mol. The van der Waals surface area contributed by atoms with Crippen LogP contribution in [0.25, 0.3) is 0 Å². The number of ether oxygens (including phenoxy) is 3. The normalized spacial score (nSPS) is 15.4. The fraction of sp³-hybridized carbons (Fsp3) is 0.462. The van der Waals surface area contributed by atoms with Crippen molar-refractivity contribution in [1.29, 1.82) is 0 Å². The first-order chi connectivity index (χ1) is 19.3. The van der Waals surface area contributed by atoms with E-state index in [2.05, 4.69) is 15.5 Å². The summed E-state index contributed by atoms with van der Waals surface area (Å²) in [5, 5.41) is 29.6. The fourth-order valence-electron chi connectivity index (χ4n) is 4.31. The number of aliphatic hydroxyl groups is 2. The van der Waals surface area contributed by atoms with Gasteiger partial charge < -0.3 is 29.7 Å². The van der Waals surface area contributed by atoms with E-state index in [4.69, 9.17) is 19.3 Å². The number of anilines is 1. The summed E-state index contributed by atoms with van der Waals surface area (Å²) in [5.41, 5.74) is -0.719. The van der Waals surface area contributed by atoms with Crippen molar-refractivity contribution >= 4 is 11.7 Å². The van der Waals surface area contributed by atoms with Crippen LogP contribution in [0.5, 0.6) is 17.2 Å². The number of nitrogens with one attached hydrogen (secondary N) is 1. The van der Waals surface area contributed by atoms with E-state index < -0.39 is 47.6 Å². The van der Waals surface area contributed by atoms with E-state index in [9.17, 15) is 23.5 Å². The Morgan fingerprint density at radius 2 is 2.05 bits per heavy atom. The molecule has 3 aromatic rings. The number of rotatable bonds is 12. The minimum Gasteiger partial charge on any atom is -0.491 e. The van der Waals surface area contributed by atoms with Crippen molar-refractivity contribution in [2.45, 2.75) is 44.9 Å². The molecule has 0 spiro atoms. The van der Waals surface area contributed by atoms with E-state index in [1.165, 1.54) is 16.9 Å². The lowest BCUT2D eigenvalue weighted by molar-refractivity contribution is -0.120. The van der Waals surface area contributed by atoms with E-state index in [1.807, 2.05) is 0 Å². The summed E-state index contributed by atoms with van der Waals surface area (Å²) >= 11 is 0. The van der Waals surface area contributed by atoms with Crippen LogP contribution in [0, 0.1) is 17.6 Å². The quantitative estimate of drug-likeness (QED) is 0.302. The highest BCUT2D eigenvalue weighted by molar-refractivity contribution is 5.92. The first-order valence-corrected chi connectivity index (χ1v) is 12.9. The molecular weight excluding hydrogens is 532 g/mol. The smallest absolute Gasteiger partial charge is 0.271 e. The Bertz CT molecular complexity index is 1360. The van der Waals surface area contributed by atoms with Crippen molar-refractivity contribution in [1.82, 2.24) is 19.6 Å². The molecule has 0 saturated carbocycles. The molecule has 1 aliphatic rings. The van der Waals surface area contributed by atoms with Crippen molar-refractivity contribution < 1.29 is 38.0 Å². The number of carbonyl (C=O) groups excluding carboxylic acids is 1. The lowest BCUT2D eigenvalue weighted by atomic mass is 9.92. The average molecular weight is 564 g/mol. The highest BCUT2D eigenvalue weighted by Crippen LogP contribution is 2.33. The molecular formula is C26H31F2N5O7. The molecule has 1 aliphatic heterocycles. The Hall–Kier alpha value is -3.88. The van der Waals surface area contributed by atoms with Crippen LogP contribution in [0.3, 0.4) is 0 Å². The van der Waals surface area contributed by atoms with Gasteiger partial charge in [-0.2, -0.15) is 14.6 Å². The number of nitrogens with zero attached hydrogens (tertiary/aromatic N) is 4. The minimum absolute atomic E-state index is 0.0228. The van der Waals surface area contributed by atoms with Crippen LogP contribution in [-0.4, -0.2) is 68.2 Å². The van der Waals surface area contributed by atoms with Gasteiger partial charge in [0.2, 0.25) is 11.6 Å². The van der Waals surface area contributed by atoms with Gasteiger partial charge in [-0.3, -0.25) is 14.3 Å². The van der Waals surface area contributed by atoms with Crippen LogP contribution in [0.4, 0.5) is 14.6 Å². The molecule has 3 N–H and O–H groups in total. The van der Waals surface area contributed by atoms with E-state index in [-0.39, 0.29) is 42.8 Å². The minimum atomic E-state index is -1.06. The summed E-state index contributed by atoms with van der Waals surface area (Å²) in [6.07, 6.45) is 3.29. The number of hydrogen-bond donors (Lipinski definition) is 3. The summed E-state index contributed by atoms with van der Waals surface area (Å²) in [7, 11) is 0. The summed E-state index contributed by atoms with van der Waals surface area (Å²) in [5.74, 6) is -3.52. The number of aromatic nitrogens is 4. The number of benzene rings is 1.